The number of benzene rings is 2. The summed E-state index contributed by atoms with van der Waals surface area (Å²) >= 11 is 0. The molecule has 1 unspecified atom stereocenters. The lowest BCUT2D eigenvalue weighted by Gasteiger charge is -2.32. The van der Waals surface area contributed by atoms with E-state index in [0.717, 1.165) is 33.9 Å². The van der Waals surface area contributed by atoms with Gasteiger partial charge >= 0.3 is 0 Å². The van der Waals surface area contributed by atoms with Gasteiger partial charge in [0, 0.05) is 43.4 Å². The number of hydrogen-bond donors (Lipinski definition) is 5. The van der Waals surface area contributed by atoms with Crippen molar-refractivity contribution in [3.63, 3.8) is 0 Å². The molecule has 0 radical (unpaired) electrons. The number of amides is 1. The van der Waals surface area contributed by atoms with Crippen LogP contribution in [-0.4, -0.2) is 54.6 Å². The van der Waals surface area contributed by atoms with Gasteiger partial charge < -0.3 is 32.0 Å². The van der Waals surface area contributed by atoms with Crippen LogP contribution in [0, 0.1) is 0 Å². The first-order valence-electron chi connectivity index (χ1n) is 13.6. The second kappa shape index (κ2) is 16.1. The van der Waals surface area contributed by atoms with Crippen LogP contribution in [0.15, 0.2) is 89.0 Å². The van der Waals surface area contributed by atoms with E-state index in [2.05, 4.69) is 20.6 Å². The third kappa shape index (κ3) is 10.3. The lowest BCUT2D eigenvalue weighted by atomic mass is 9.96. The number of ether oxygens (including phenoxy) is 2. The SMILES string of the molecule is NC(N)=NCCOc1ccc(CNC(=O)CCSSc2ccccn2)cc1-c1cccc(OCCNC2(N)C=CC2)c1. The number of carbonyl (C=O) groups is 1. The van der Waals surface area contributed by atoms with Gasteiger partial charge in [0.15, 0.2) is 5.96 Å². The van der Waals surface area contributed by atoms with Gasteiger partial charge in [0.25, 0.3) is 0 Å². The van der Waals surface area contributed by atoms with Crippen LogP contribution in [0.1, 0.15) is 18.4 Å². The number of pyridine rings is 1. The van der Waals surface area contributed by atoms with E-state index in [1.165, 1.54) is 0 Å². The highest BCUT2D eigenvalue weighted by Crippen LogP contribution is 2.33. The number of rotatable bonds is 17. The predicted octanol–water partition coefficient (Wildman–Crippen LogP) is 3.43. The molecule has 1 aliphatic rings. The smallest absolute Gasteiger partial charge is 0.221 e. The largest absolute Gasteiger partial charge is 0.492 e. The van der Waals surface area contributed by atoms with E-state index in [0.29, 0.717) is 50.8 Å². The molecule has 0 aliphatic heterocycles. The minimum Gasteiger partial charge on any atom is -0.492 e. The fourth-order valence-electron chi connectivity index (χ4n) is 4.00. The Hall–Kier alpha value is -3.71. The van der Waals surface area contributed by atoms with Gasteiger partial charge in [-0.2, -0.15) is 0 Å². The molecule has 1 amide bonds. The monoisotopic (exact) mass is 607 g/mol. The summed E-state index contributed by atoms with van der Waals surface area (Å²) in [4.78, 5) is 20.8. The van der Waals surface area contributed by atoms with E-state index in [9.17, 15) is 4.79 Å². The molecule has 0 fully saturated rings. The molecule has 222 valence electrons. The normalized spacial score (nSPS) is 15.5. The predicted molar refractivity (Wildman–Crippen MR) is 171 cm³/mol. The second-order valence-electron chi connectivity index (χ2n) is 9.54. The van der Waals surface area contributed by atoms with E-state index in [1.807, 2.05) is 72.8 Å². The fraction of sp³-hybridized carbons (Fsp3) is 0.300. The molecule has 1 heterocycles. The Morgan fingerprint density at radius 2 is 1.95 bits per heavy atom. The van der Waals surface area contributed by atoms with Crippen molar-refractivity contribution >= 4 is 33.5 Å². The number of carbonyl (C=O) groups excluding carboxylic acids is 1. The lowest BCUT2D eigenvalue weighted by molar-refractivity contribution is -0.120. The zero-order valence-electron chi connectivity index (χ0n) is 23.3. The van der Waals surface area contributed by atoms with Gasteiger partial charge in [0.05, 0.1) is 12.2 Å². The molecule has 1 atom stereocenters. The molecule has 12 heteroatoms. The van der Waals surface area contributed by atoms with Crippen molar-refractivity contribution in [3.05, 3.63) is 84.6 Å². The molecule has 2 aromatic carbocycles. The summed E-state index contributed by atoms with van der Waals surface area (Å²) in [7, 11) is 3.18. The first-order valence-corrected chi connectivity index (χ1v) is 16.0. The first kappa shape index (κ1) is 31.2. The molecule has 4 rings (SSSR count). The quantitative estimate of drug-likeness (QED) is 0.0384. The van der Waals surface area contributed by atoms with Crippen LogP contribution in [0.2, 0.25) is 0 Å². The van der Waals surface area contributed by atoms with Crippen molar-refractivity contribution in [2.24, 2.45) is 22.2 Å². The molecule has 42 heavy (non-hydrogen) atoms. The fourth-order valence-corrected chi connectivity index (χ4v) is 5.87. The van der Waals surface area contributed by atoms with Gasteiger partial charge in [-0.15, -0.1) is 0 Å². The number of hydrogen-bond acceptors (Lipinski definition) is 9. The van der Waals surface area contributed by atoms with Crippen molar-refractivity contribution in [3.8, 4) is 22.6 Å². The molecular formula is C30H37N7O3S2. The molecule has 0 saturated carbocycles. The average molecular weight is 608 g/mol. The van der Waals surface area contributed by atoms with Gasteiger partial charge in [0.1, 0.15) is 29.7 Å². The number of aromatic nitrogens is 1. The van der Waals surface area contributed by atoms with E-state index < -0.39 is 5.66 Å². The Morgan fingerprint density at radius 3 is 2.71 bits per heavy atom. The molecular weight excluding hydrogens is 571 g/mol. The van der Waals surface area contributed by atoms with Crippen LogP contribution in [0.25, 0.3) is 11.1 Å². The maximum atomic E-state index is 12.5. The third-order valence-corrected chi connectivity index (χ3v) is 8.48. The zero-order chi connectivity index (χ0) is 29.6. The summed E-state index contributed by atoms with van der Waals surface area (Å²) in [6.07, 6.45) is 6.99. The zero-order valence-corrected chi connectivity index (χ0v) is 25.0. The number of aliphatic imine (C=N–C) groups is 1. The van der Waals surface area contributed by atoms with Crippen LogP contribution in [0.5, 0.6) is 11.5 Å². The molecule has 0 saturated heterocycles. The Labute approximate surface area is 254 Å². The number of nitrogens with two attached hydrogens (primary N) is 3. The van der Waals surface area contributed by atoms with Crippen LogP contribution >= 0.6 is 21.6 Å². The van der Waals surface area contributed by atoms with Crippen LogP contribution in [0.4, 0.5) is 0 Å². The van der Waals surface area contributed by atoms with Crippen molar-refractivity contribution in [2.75, 3.05) is 32.1 Å². The van der Waals surface area contributed by atoms with Crippen molar-refractivity contribution in [1.82, 2.24) is 15.6 Å². The highest BCUT2D eigenvalue weighted by atomic mass is 33.1. The Kier molecular flexibility index (Phi) is 11.9. The lowest BCUT2D eigenvalue weighted by Crippen LogP contribution is -2.55. The highest BCUT2D eigenvalue weighted by Gasteiger charge is 2.24. The topological polar surface area (TPSA) is 163 Å². The van der Waals surface area contributed by atoms with Crippen LogP contribution in [-0.2, 0) is 11.3 Å². The van der Waals surface area contributed by atoms with Gasteiger partial charge in [-0.05, 0) is 58.3 Å². The first-order chi connectivity index (χ1) is 20.4. The van der Waals surface area contributed by atoms with Crippen molar-refractivity contribution < 1.29 is 14.3 Å². The molecule has 1 aromatic heterocycles. The van der Waals surface area contributed by atoms with E-state index in [4.69, 9.17) is 26.7 Å². The Balaban J connectivity index is 1.35. The highest BCUT2D eigenvalue weighted by molar-refractivity contribution is 8.76. The number of nitrogens with zero attached hydrogens (tertiary/aromatic N) is 2. The summed E-state index contributed by atoms with van der Waals surface area (Å²) in [5, 5.41) is 7.24. The van der Waals surface area contributed by atoms with Gasteiger partial charge in [-0.1, -0.05) is 47.2 Å². The molecule has 0 bridgehead atoms. The van der Waals surface area contributed by atoms with Crippen molar-refractivity contribution in [2.45, 2.75) is 30.1 Å². The molecule has 8 N–H and O–H groups in total. The Bertz CT molecular complexity index is 1370. The average Bonchev–Trinajstić information content (AvgIpc) is 2.98. The van der Waals surface area contributed by atoms with E-state index in [-0.39, 0.29) is 11.9 Å². The molecule has 0 spiro atoms. The van der Waals surface area contributed by atoms with E-state index in [1.54, 1.807) is 27.8 Å². The molecule has 1 aliphatic carbocycles. The summed E-state index contributed by atoms with van der Waals surface area (Å²) in [6, 6.07) is 19.5. The Morgan fingerprint density at radius 1 is 1.07 bits per heavy atom. The standard InChI is InChI=1S/C30H37N7O3S2/c31-29(32)35-14-16-40-26-9-8-22(21-36-27(38)10-18-41-42-28-7-1-2-13-34-28)19-25(26)23-5-3-6-24(20-23)39-17-15-37-30(33)11-4-12-30/h1-9,11,13,19-20,37H,10,12,14-18,21,33H2,(H,36,38)(H4,31,32,35). The maximum absolute atomic E-state index is 12.5. The molecule has 10 nitrogen and oxygen atoms in total. The van der Waals surface area contributed by atoms with Crippen LogP contribution in [0.3, 0.4) is 0 Å². The summed E-state index contributed by atoms with van der Waals surface area (Å²) < 4.78 is 12.0. The summed E-state index contributed by atoms with van der Waals surface area (Å²) in [6.45, 7) is 2.15. The van der Waals surface area contributed by atoms with Crippen molar-refractivity contribution in [1.29, 1.82) is 0 Å². The second-order valence-corrected chi connectivity index (χ2v) is 12.0. The maximum Gasteiger partial charge on any atom is 0.221 e. The summed E-state index contributed by atoms with van der Waals surface area (Å²) in [5.41, 5.74) is 19.4. The summed E-state index contributed by atoms with van der Waals surface area (Å²) in [5.74, 6) is 2.11. The van der Waals surface area contributed by atoms with E-state index >= 15 is 0 Å². The minimum absolute atomic E-state index is 0.0103. The molecule has 3 aromatic rings. The van der Waals surface area contributed by atoms with Gasteiger partial charge in [-0.25, -0.2) is 4.98 Å². The van der Waals surface area contributed by atoms with Gasteiger partial charge in [0.2, 0.25) is 5.91 Å². The third-order valence-electron chi connectivity index (χ3n) is 6.21. The van der Waals surface area contributed by atoms with Gasteiger partial charge in [-0.3, -0.25) is 15.1 Å². The number of nitrogens with one attached hydrogen (secondary N) is 2. The minimum atomic E-state index is -0.427. The van der Waals surface area contributed by atoms with Crippen LogP contribution < -0.4 is 37.3 Å². The number of guanidine groups is 1.